The van der Waals surface area contributed by atoms with Crippen molar-refractivity contribution in [2.24, 2.45) is 0 Å². The molecule has 0 unspecified atom stereocenters. The van der Waals surface area contributed by atoms with E-state index in [1.165, 1.54) is 5.56 Å². The average Bonchev–Trinajstić information content (AvgIpc) is 2.45. The van der Waals surface area contributed by atoms with Crippen molar-refractivity contribution in [3.05, 3.63) is 58.7 Å². The number of allylic oxidation sites excluding steroid dienone is 1. The van der Waals surface area contributed by atoms with Gasteiger partial charge in [0.1, 0.15) is 5.60 Å². The Labute approximate surface area is 146 Å². The van der Waals surface area contributed by atoms with E-state index in [9.17, 15) is 4.79 Å². The van der Waals surface area contributed by atoms with Crippen LogP contribution in [0.3, 0.4) is 0 Å². The third-order valence-corrected chi connectivity index (χ3v) is 3.51. The molecule has 0 amide bonds. The molecule has 0 atom stereocenters. The molecule has 3 nitrogen and oxygen atoms in total. The first kappa shape index (κ1) is 21.7. The zero-order valence-electron chi connectivity index (χ0n) is 16.0. The summed E-state index contributed by atoms with van der Waals surface area (Å²) in [6, 6.07) is 7.94. The lowest BCUT2D eigenvalue weighted by Crippen LogP contribution is -2.33. The Morgan fingerprint density at radius 1 is 1.25 bits per heavy atom. The minimum Gasteiger partial charge on any atom is -0.456 e. The van der Waals surface area contributed by atoms with Crippen LogP contribution in [0.4, 0.5) is 0 Å². The molecule has 0 aliphatic carbocycles. The lowest BCUT2D eigenvalue weighted by Gasteiger charge is -2.30. The highest BCUT2D eigenvalue weighted by Crippen LogP contribution is 2.28. The maximum absolute atomic E-state index is 11.1. The van der Waals surface area contributed by atoms with E-state index in [4.69, 9.17) is 10.00 Å². The number of rotatable bonds is 0. The number of nitriles is 1. The fourth-order valence-corrected chi connectivity index (χ4v) is 2.25. The summed E-state index contributed by atoms with van der Waals surface area (Å²) < 4.78 is 5.16. The summed E-state index contributed by atoms with van der Waals surface area (Å²) in [5.74, 6) is -0.168. The molecule has 0 fully saturated rings. The van der Waals surface area contributed by atoms with Gasteiger partial charge in [-0.1, -0.05) is 29.3 Å². The van der Waals surface area contributed by atoms with Crippen LogP contribution in [0, 0.1) is 25.2 Å². The second-order valence-electron chi connectivity index (χ2n) is 6.57. The van der Waals surface area contributed by atoms with Crippen LogP contribution in [0.15, 0.2) is 42.0 Å². The number of cyclic esters (lactones) is 1. The topological polar surface area (TPSA) is 50.1 Å². The number of aryl methyl sites for hydroxylation is 2. The first-order chi connectivity index (χ1) is 11.1. The summed E-state index contributed by atoms with van der Waals surface area (Å²) in [5.41, 5.74) is 4.64. The second kappa shape index (κ2) is 9.72. The van der Waals surface area contributed by atoms with Crippen LogP contribution in [0.2, 0.25) is 0 Å². The van der Waals surface area contributed by atoms with Crippen molar-refractivity contribution < 1.29 is 9.53 Å². The van der Waals surface area contributed by atoms with Crippen molar-refractivity contribution in [2.75, 3.05) is 0 Å². The normalized spacial score (nSPS) is 15.0. The predicted molar refractivity (Wildman–Crippen MR) is 99.7 cm³/mol. The Morgan fingerprint density at radius 2 is 1.79 bits per heavy atom. The molecule has 24 heavy (non-hydrogen) atoms. The summed E-state index contributed by atoms with van der Waals surface area (Å²) in [5, 5.41) is 8.56. The molecule has 1 heterocycles. The first-order valence-corrected chi connectivity index (χ1v) is 8.02. The van der Waals surface area contributed by atoms with Crippen LogP contribution in [-0.2, 0) is 9.53 Å². The molecule has 1 aliphatic heterocycles. The van der Waals surface area contributed by atoms with Gasteiger partial charge in [-0.15, -0.1) is 6.58 Å². The molecular weight excluding hydrogens is 298 g/mol. The van der Waals surface area contributed by atoms with Gasteiger partial charge in [0.2, 0.25) is 0 Å². The zero-order chi connectivity index (χ0) is 18.9. The smallest absolute Gasteiger partial charge is 0.334 e. The van der Waals surface area contributed by atoms with Crippen molar-refractivity contribution in [1.82, 2.24) is 0 Å². The molecule has 0 saturated heterocycles. The molecule has 0 aromatic heterocycles. The molecule has 1 aliphatic rings. The molecule has 1 aromatic rings. The maximum atomic E-state index is 11.1. The number of carbonyl (C=O) groups excluding carboxylic acids is 1. The fraction of sp³-hybridized carbons (Fsp3) is 0.429. The number of carbonyl (C=O) groups is 1. The lowest BCUT2D eigenvalue weighted by molar-refractivity contribution is -0.153. The summed E-state index contributed by atoms with van der Waals surface area (Å²) in [6.45, 7) is 16.9. The molecule has 0 N–H and O–H groups in total. The summed E-state index contributed by atoms with van der Waals surface area (Å²) in [6.07, 6.45) is 2.60. The van der Waals surface area contributed by atoms with E-state index in [0.717, 1.165) is 28.7 Å². The van der Waals surface area contributed by atoms with E-state index in [2.05, 4.69) is 12.6 Å². The number of hydrogen-bond acceptors (Lipinski definition) is 3. The van der Waals surface area contributed by atoms with Gasteiger partial charge in [-0.3, -0.25) is 0 Å². The Bertz CT molecular complexity index is 661. The van der Waals surface area contributed by atoms with Crippen molar-refractivity contribution in [3.8, 4) is 6.07 Å². The molecule has 0 saturated carbocycles. The van der Waals surface area contributed by atoms with Crippen molar-refractivity contribution in [3.63, 3.8) is 0 Å². The van der Waals surface area contributed by atoms with E-state index in [-0.39, 0.29) is 11.6 Å². The van der Waals surface area contributed by atoms with Gasteiger partial charge in [0.25, 0.3) is 0 Å². The molecule has 3 heteroatoms. The van der Waals surface area contributed by atoms with Crippen molar-refractivity contribution >= 4 is 5.97 Å². The Kier molecular flexibility index (Phi) is 8.77. The number of hydrogen-bond donors (Lipinski definition) is 0. The molecule has 0 bridgehead atoms. The molecular formula is C21H29NO2. The molecule has 2 rings (SSSR count). The zero-order valence-corrected chi connectivity index (χ0v) is 16.0. The largest absolute Gasteiger partial charge is 0.456 e. The van der Waals surface area contributed by atoms with Gasteiger partial charge in [0.15, 0.2) is 0 Å². The quantitative estimate of drug-likeness (QED) is 0.472. The van der Waals surface area contributed by atoms with Crippen LogP contribution in [0.25, 0.3) is 0 Å². The lowest BCUT2D eigenvalue weighted by atomic mass is 9.93. The molecule has 0 radical (unpaired) electrons. The fourth-order valence-electron chi connectivity index (χ4n) is 2.25. The van der Waals surface area contributed by atoms with Gasteiger partial charge < -0.3 is 4.74 Å². The predicted octanol–water partition coefficient (Wildman–Crippen LogP) is 5.42. The second-order valence-corrected chi connectivity index (χ2v) is 6.57. The van der Waals surface area contributed by atoms with Crippen LogP contribution in [-0.4, -0.2) is 11.6 Å². The summed E-state index contributed by atoms with van der Waals surface area (Å²) in [7, 11) is 0. The summed E-state index contributed by atoms with van der Waals surface area (Å²) in [4.78, 5) is 11.1. The Balaban J connectivity index is 0.000000381. The third-order valence-electron chi connectivity index (χ3n) is 3.51. The first-order valence-electron chi connectivity index (χ1n) is 8.02. The summed E-state index contributed by atoms with van der Waals surface area (Å²) >= 11 is 0. The van der Waals surface area contributed by atoms with Gasteiger partial charge in [-0.25, -0.2) is 4.79 Å². The van der Waals surface area contributed by atoms with Gasteiger partial charge in [-0.2, -0.15) is 5.26 Å². The van der Waals surface area contributed by atoms with E-state index < -0.39 is 0 Å². The molecule has 130 valence electrons. The van der Waals surface area contributed by atoms with Crippen molar-refractivity contribution in [2.45, 2.75) is 60.5 Å². The number of nitrogens with zero attached hydrogens (tertiary/aromatic N) is 1. The van der Waals surface area contributed by atoms with E-state index in [1.807, 2.05) is 66.7 Å². The van der Waals surface area contributed by atoms with Crippen LogP contribution < -0.4 is 0 Å². The van der Waals surface area contributed by atoms with Gasteiger partial charge in [0.05, 0.1) is 11.6 Å². The maximum Gasteiger partial charge on any atom is 0.334 e. The van der Waals surface area contributed by atoms with Gasteiger partial charge in [-0.05, 0) is 60.1 Å². The van der Waals surface area contributed by atoms with Gasteiger partial charge in [0, 0.05) is 12.0 Å². The third kappa shape index (κ3) is 7.28. The number of benzene rings is 1. The number of ether oxygens (including phenoxy) is 1. The SMILES string of the molecule is C=CC.CC1=C(C)C(=O)OC(C)(C)C1.Cc1ccc(C#N)c(C)c1. The van der Waals surface area contributed by atoms with Crippen LogP contribution in [0.5, 0.6) is 0 Å². The minimum absolute atomic E-state index is 0.168. The highest BCUT2D eigenvalue weighted by Gasteiger charge is 2.30. The monoisotopic (exact) mass is 327 g/mol. The van der Waals surface area contributed by atoms with Crippen molar-refractivity contribution in [1.29, 1.82) is 5.26 Å². The van der Waals surface area contributed by atoms with E-state index in [0.29, 0.717) is 0 Å². The van der Waals surface area contributed by atoms with E-state index >= 15 is 0 Å². The Hall–Kier alpha value is -2.34. The van der Waals surface area contributed by atoms with Gasteiger partial charge >= 0.3 is 5.97 Å². The van der Waals surface area contributed by atoms with Crippen LogP contribution in [0.1, 0.15) is 57.7 Å². The highest BCUT2D eigenvalue weighted by molar-refractivity contribution is 5.89. The minimum atomic E-state index is -0.305. The highest BCUT2D eigenvalue weighted by atomic mass is 16.6. The molecule has 1 aromatic carbocycles. The number of esters is 1. The Morgan fingerprint density at radius 3 is 2.21 bits per heavy atom. The molecule has 0 spiro atoms. The standard InChI is InChI=1S/C9H9N.C9H14O2.C3H6/c1-7-3-4-9(6-10)8(2)5-7;1-6-5-9(3,4)11-8(10)7(6)2;1-3-2/h3-5H,1-2H3;5H2,1-4H3;3H,1H2,2H3. The van der Waals surface area contributed by atoms with E-state index in [1.54, 1.807) is 6.08 Å². The van der Waals surface area contributed by atoms with Crippen LogP contribution >= 0.6 is 0 Å². The average molecular weight is 327 g/mol.